The fourth-order valence-electron chi connectivity index (χ4n) is 3.31. The maximum atomic E-state index is 5.90. The number of aromatic nitrogens is 2. The van der Waals surface area contributed by atoms with Gasteiger partial charge < -0.3 is 4.42 Å². The zero-order valence-corrected chi connectivity index (χ0v) is 15.5. The Kier molecular flexibility index (Phi) is 5.32. The molecule has 0 aliphatic heterocycles. The van der Waals surface area contributed by atoms with Crippen LogP contribution < -0.4 is 0 Å². The van der Waals surface area contributed by atoms with Gasteiger partial charge in [-0.2, -0.15) is 0 Å². The second kappa shape index (κ2) is 7.64. The zero-order chi connectivity index (χ0) is 17.8. The van der Waals surface area contributed by atoms with Crippen LogP contribution in [0.4, 0.5) is 0 Å². The first kappa shape index (κ1) is 17.4. The molecule has 3 heteroatoms. The third kappa shape index (κ3) is 4.16. The van der Waals surface area contributed by atoms with Gasteiger partial charge in [0.25, 0.3) is 0 Å². The molecular weight excluding hydrogens is 308 g/mol. The Balaban J connectivity index is 1.69. The van der Waals surface area contributed by atoms with Gasteiger partial charge in [0.2, 0.25) is 11.8 Å². The standard InChI is InChI=1S/C22H26N2O/c1-15(2)19-11-6-5-10-18(19)12-13-21-23-24-22(25-21)14-20-16(3)8-7-9-17(20)4/h5-11,15H,12-14H2,1-4H3. The second-order valence-electron chi connectivity index (χ2n) is 6.99. The predicted octanol–water partition coefficient (Wildman–Crippen LogP) is 5.19. The molecule has 0 saturated carbocycles. The summed E-state index contributed by atoms with van der Waals surface area (Å²) in [5.41, 5.74) is 6.59. The van der Waals surface area contributed by atoms with Gasteiger partial charge in [-0.3, -0.25) is 0 Å². The van der Waals surface area contributed by atoms with Gasteiger partial charge in [0.05, 0.1) is 6.42 Å². The van der Waals surface area contributed by atoms with Crippen LogP contribution in [0.5, 0.6) is 0 Å². The van der Waals surface area contributed by atoms with Crippen LogP contribution in [0, 0.1) is 13.8 Å². The van der Waals surface area contributed by atoms with Crippen LogP contribution in [-0.2, 0) is 19.3 Å². The molecule has 0 aliphatic rings. The van der Waals surface area contributed by atoms with Gasteiger partial charge in [0.1, 0.15) is 0 Å². The molecule has 0 spiro atoms. The molecule has 0 N–H and O–H groups in total. The number of benzene rings is 2. The quantitative estimate of drug-likeness (QED) is 0.623. The largest absolute Gasteiger partial charge is 0.425 e. The third-order valence-corrected chi connectivity index (χ3v) is 4.77. The fourth-order valence-corrected chi connectivity index (χ4v) is 3.31. The molecule has 0 atom stereocenters. The normalized spacial score (nSPS) is 11.2. The highest BCUT2D eigenvalue weighted by Crippen LogP contribution is 2.21. The summed E-state index contributed by atoms with van der Waals surface area (Å²) in [6.07, 6.45) is 2.41. The summed E-state index contributed by atoms with van der Waals surface area (Å²) in [5, 5.41) is 8.49. The summed E-state index contributed by atoms with van der Waals surface area (Å²) in [7, 11) is 0. The van der Waals surface area contributed by atoms with Crippen molar-refractivity contribution in [2.24, 2.45) is 0 Å². The van der Waals surface area contributed by atoms with Crippen molar-refractivity contribution < 1.29 is 4.42 Å². The van der Waals surface area contributed by atoms with Gasteiger partial charge in [-0.15, -0.1) is 10.2 Å². The summed E-state index contributed by atoms with van der Waals surface area (Å²) in [6, 6.07) is 14.9. The summed E-state index contributed by atoms with van der Waals surface area (Å²) >= 11 is 0. The van der Waals surface area contributed by atoms with Crippen LogP contribution in [0.25, 0.3) is 0 Å². The molecule has 1 heterocycles. The minimum Gasteiger partial charge on any atom is -0.425 e. The number of hydrogen-bond donors (Lipinski definition) is 0. The Labute approximate surface area is 150 Å². The van der Waals surface area contributed by atoms with Crippen molar-refractivity contribution in [3.8, 4) is 0 Å². The molecule has 130 valence electrons. The number of nitrogens with zero attached hydrogens (tertiary/aromatic N) is 2. The van der Waals surface area contributed by atoms with E-state index in [9.17, 15) is 0 Å². The highest BCUT2D eigenvalue weighted by Gasteiger charge is 2.12. The average molecular weight is 334 g/mol. The van der Waals surface area contributed by atoms with E-state index in [0.717, 1.165) is 18.7 Å². The Bertz CT molecular complexity index is 828. The first-order chi connectivity index (χ1) is 12.0. The predicted molar refractivity (Wildman–Crippen MR) is 101 cm³/mol. The van der Waals surface area contributed by atoms with Crippen LogP contribution in [0.2, 0.25) is 0 Å². The van der Waals surface area contributed by atoms with E-state index in [2.05, 4.69) is 80.4 Å². The third-order valence-electron chi connectivity index (χ3n) is 4.77. The first-order valence-electron chi connectivity index (χ1n) is 8.98. The van der Waals surface area contributed by atoms with E-state index in [-0.39, 0.29) is 0 Å². The lowest BCUT2D eigenvalue weighted by atomic mass is 9.94. The molecule has 0 fully saturated rings. The van der Waals surface area contributed by atoms with E-state index < -0.39 is 0 Å². The molecule has 3 rings (SSSR count). The Morgan fingerprint density at radius 3 is 2.24 bits per heavy atom. The molecule has 25 heavy (non-hydrogen) atoms. The lowest BCUT2D eigenvalue weighted by molar-refractivity contribution is 0.456. The smallest absolute Gasteiger partial charge is 0.220 e. The van der Waals surface area contributed by atoms with Crippen molar-refractivity contribution in [2.45, 2.75) is 52.9 Å². The van der Waals surface area contributed by atoms with Gasteiger partial charge in [-0.1, -0.05) is 56.3 Å². The SMILES string of the molecule is Cc1cccc(C)c1Cc1nnc(CCc2ccccc2C(C)C)o1. The molecule has 3 aromatic rings. The van der Waals surface area contributed by atoms with Gasteiger partial charge in [-0.05, 0) is 54.0 Å². The van der Waals surface area contributed by atoms with E-state index >= 15 is 0 Å². The van der Waals surface area contributed by atoms with Crippen LogP contribution in [0.3, 0.4) is 0 Å². The monoisotopic (exact) mass is 334 g/mol. The Hall–Kier alpha value is -2.42. The molecule has 0 aliphatic carbocycles. The molecular formula is C22H26N2O. The van der Waals surface area contributed by atoms with Gasteiger partial charge >= 0.3 is 0 Å². The molecule has 1 aromatic heterocycles. The highest BCUT2D eigenvalue weighted by atomic mass is 16.4. The van der Waals surface area contributed by atoms with Crippen molar-refractivity contribution in [3.05, 3.63) is 82.1 Å². The Morgan fingerprint density at radius 2 is 1.52 bits per heavy atom. The molecule has 0 saturated heterocycles. The Morgan fingerprint density at radius 1 is 0.840 bits per heavy atom. The van der Waals surface area contributed by atoms with Gasteiger partial charge in [-0.25, -0.2) is 0 Å². The molecule has 0 radical (unpaired) electrons. The molecule has 0 amide bonds. The lowest BCUT2D eigenvalue weighted by Gasteiger charge is -2.11. The average Bonchev–Trinajstić information content (AvgIpc) is 3.04. The minimum absolute atomic E-state index is 0.526. The van der Waals surface area contributed by atoms with Crippen molar-refractivity contribution >= 4 is 0 Å². The second-order valence-corrected chi connectivity index (χ2v) is 6.99. The summed E-state index contributed by atoms with van der Waals surface area (Å²) in [6.45, 7) is 8.72. The lowest BCUT2D eigenvalue weighted by Crippen LogP contribution is -1.99. The van der Waals surface area contributed by atoms with E-state index in [0.29, 0.717) is 18.2 Å². The molecule has 0 bridgehead atoms. The molecule has 0 unspecified atom stereocenters. The van der Waals surface area contributed by atoms with Crippen LogP contribution in [0.1, 0.15) is 59.4 Å². The molecule has 2 aromatic carbocycles. The van der Waals surface area contributed by atoms with Crippen molar-refractivity contribution in [2.75, 3.05) is 0 Å². The van der Waals surface area contributed by atoms with Crippen LogP contribution in [0.15, 0.2) is 46.9 Å². The zero-order valence-electron chi connectivity index (χ0n) is 15.5. The number of aryl methyl sites for hydroxylation is 4. The van der Waals surface area contributed by atoms with Crippen molar-refractivity contribution in [1.82, 2.24) is 10.2 Å². The van der Waals surface area contributed by atoms with Crippen LogP contribution >= 0.6 is 0 Å². The summed E-state index contributed by atoms with van der Waals surface area (Å²) in [5.74, 6) is 1.95. The van der Waals surface area contributed by atoms with Crippen molar-refractivity contribution in [1.29, 1.82) is 0 Å². The highest BCUT2D eigenvalue weighted by molar-refractivity contribution is 5.35. The summed E-state index contributed by atoms with van der Waals surface area (Å²) < 4.78 is 5.90. The minimum atomic E-state index is 0.526. The van der Waals surface area contributed by atoms with E-state index in [4.69, 9.17) is 4.42 Å². The number of rotatable bonds is 6. The van der Waals surface area contributed by atoms with Gasteiger partial charge in [0, 0.05) is 6.42 Å². The van der Waals surface area contributed by atoms with Crippen molar-refractivity contribution in [3.63, 3.8) is 0 Å². The van der Waals surface area contributed by atoms with E-state index in [1.54, 1.807) is 0 Å². The van der Waals surface area contributed by atoms with E-state index in [1.165, 1.54) is 27.8 Å². The first-order valence-corrected chi connectivity index (χ1v) is 8.98. The fraction of sp³-hybridized carbons (Fsp3) is 0.364. The van der Waals surface area contributed by atoms with Gasteiger partial charge in [0.15, 0.2) is 0 Å². The maximum absolute atomic E-state index is 5.90. The topological polar surface area (TPSA) is 38.9 Å². The van der Waals surface area contributed by atoms with Crippen LogP contribution in [-0.4, -0.2) is 10.2 Å². The number of hydrogen-bond acceptors (Lipinski definition) is 3. The molecule has 3 nitrogen and oxygen atoms in total. The van der Waals surface area contributed by atoms with E-state index in [1.807, 2.05) is 0 Å². The maximum Gasteiger partial charge on any atom is 0.220 e. The summed E-state index contributed by atoms with van der Waals surface area (Å²) in [4.78, 5) is 0.